The minimum absolute atomic E-state index is 0.175. The lowest BCUT2D eigenvalue weighted by Crippen LogP contribution is -2.33. The summed E-state index contributed by atoms with van der Waals surface area (Å²) in [6.07, 6.45) is 14.5. The molecule has 2 atom stereocenters. The Kier molecular flexibility index (Phi) is 4.86. The third kappa shape index (κ3) is 3.17. The Hall–Kier alpha value is -1.89. The normalized spacial score (nSPS) is 29.0. The lowest BCUT2D eigenvalue weighted by atomic mass is 9.61. The van der Waals surface area contributed by atoms with Crippen molar-refractivity contribution in [3.8, 4) is 0 Å². The second-order valence-corrected chi connectivity index (χ2v) is 7.94. The highest BCUT2D eigenvalue weighted by molar-refractivity contribution is 5.46. The molecule has 1 fully saturated rings. The molecule has 1 saturated carbocycles. The van der Waals surface area contributed by atoms with E-state index >= 15 is 0 Å². The molecule has 1 heteroatoms. The summed E-state index contributed by atoms with van der Waals surface area (Å²) in [4.78, 5) is 0. The quantitative estimate of drug-likeness (QED) is 0.510. The summed E-state index contributed by atoms with van der Waals surface area (Å²) in [5, 5.41) is 0. The second kappa shape index (κ2) is 6.78. The van der Waals surface area contributed by atoms with Gasteiger partial charge in [0.2, 0.25) is 0 Å². The molecule has 3 rings (SSSR count). The Morgan fingerprint density at radius 2 is 1.92 bits per heavy atom. The Bertz CT molecular complexity index is 747. The summed E-state index contributed by atoms with van der Waals surface area (Å²) in [5.41, 5.74) is 6.02. The highest BCUT2D eigenvalue weighted by atomic mass is 19.1. The molecule has 0 amide bonds. The van der Waals surface area contributed by atoms with Crippen LogP contribution in [-0.4, -0.2) is 0 Å². The molecule has 2 aliphatic carbocycles. The Labute approximate surface area is 151 Å². The van der Waals surface area contributed by atoms with Crippen molar-refractivity contribution in [1.82, 2.24) is 0 Å². The zero-order valence-electron chi connectivity index (χ0n) is 15.7. The lowest BCUT2D eigenvalue weighted by molar-refractivity contribution is 0.201. The van der Waals surface area contributed by atoms with Gasteiger partial charge in [-0.15, -0.1) is 6.58 Å². The second-order valence-electron chi connectivity index (χ2n) is 7.94. The van der Waals surface area contributed by atoms with Crippen molar-refractivity contribution < 1.29 is 4.39 Å². The van der Waals surface area contributed by atoms with E-state index in [1.807, 2.05) is 12.1 Å². The van der Waals surface area contributed by atoms with Crippen LogP contribution in [0.15, 0.2) is 71.9 Å². The number of fused-ring (bicyclic) bond motifs is 1. The van der Waals surface area contributed by atoms with Crippen LogP contribution in [0.1, 0.15) is 52.0 Å². The molecule has 0 N–H and O–H groups in total. The maximum atomic E-state index is 13.0. The standard InChI is InChI=1S/C24H29F/c1-5-19-16-21-14-15-23(3,6-2)24(21,4)17-20(19)9-7-8-18-10-12-22(25)13-11-18/h6-7,9-13,16H,2,5,8,14-15,17H2,1,3-4H3/b9-7-. The van der Waals surface area contributed by atoms with Crippen LogP contribution in [0.4, 0.5) is 4.39 Å². The van der Waals surface area contributed by atoms with Crippen molar-refractivity contribution in [3.05, 3.63) is 83.2 Å². The monoisotopic (exact) mass is 336 g/mol. The van der Waals surface area contributed by atoms with Gasteiger partial charge < -0.3 is 0 Å². The van der Waals surface area contributed by atoms with Gasteiger partial charge >= 0.3 is 0 Å². The van der Waals surface area contributed by atoms with E-state index in [0.29, 0.717) is 0 Å². The van der Waals surface area contributed by atoms with Crippen molar-refractivity contribution in [3.63, 3.8) is 0 Å². The molecule has 0 heterocycles. The first-order valence-electron chi connectivity index (χ1n) is 9.39. The topological polar surface area (TPSA) is 0 Å². The Morgan fingerprint density at radius 3 is 2.56 bits per heavy atom. The molecular weight excluding hydrogens is 307 g/mol. The minimum Gasteiger partial charge on any atom is -0.207 e. The average Bonchev–Trinajstić information content (AvgIpc) is 2.87. The minimum atomic E-state index is -0.175. The van der Waals surface area contributed by atoms with E-state index in [-0.39, 0.29) is 16.6 Å². The van der Waals surface area contributed by atoms with E-state index < -0.39 is 0 Å². The average molecular weight is 336 g/mol. The van der Waals surface area contributed by atoms with Crippen molar-refractivity contribution in [2.45, 2.75) is 52.9 Å². The molecular formula is C24H29F. The summed E-state index contributed by atoms with van der Waals surface area (Å²) >= 11 is 0. The number of halogens is 1. The van der Waals surface area contributed by atoms with Gasteiger partial charge in [0.15, 0.2) is 0 Å². The highest BCUT2D eigenvalue weighted by Crippen LogP contribution is 2.61. The first-order valence-corrected chi connectivity index (χ1v) is 9.39. The van der Waals surface area contributed by atoms with Gasteiger partial charge in [0.05, 0.1) is 0 Å². The number of hydrogen-bond acceptors (Lipinski definition) is 0. The Balaban J connectivity index is 1.83. The molecule has 0 nitrogen and oxygen atoms in total. The van der Waals surface area contributed by atoms with Gasteiger partial charge in [-0.3, -0.25) is 0 Å². The van der Waals surface area contributed by atoms with E-state index in [0.717, 1.165) is 24.8 Å². The fraction of sp³-hybridized carbons (Fsp3) is 0.417. The molecule has 0 bridgehead atoms. The van der Waals surface area contributed by atoms with Crippen LogP contribution in [-0.2, 0) is 6.42 Å². The molecule has 0 radical (unpaired) electrons. The van der Waals surface area contributed by atoms with Crippen molar-refractivity contribution in [2.24, 2.45) is 10.8 Å². The van der Waals surface area contributed by atoms with Crippen molar-refractivity contribution >= 4 is 0 Å². The highest BCUT2D eigenvalue weighted by Gasteiger charge is 2.50. The molecule has 132 valence electrons. The predicted octanol–water partition coefficient (Wildman–Crippen LogP) is 6.95. The summed E-state index contributed by atoms with van der Waals surface area (Å²) in [6.45, 7) is 11.1. The molecule has 1 aromatic rings. The number of benzene rings is 1. The van der Waals surface area contributed by atoms with Gasteiger partial charge in [-0.2, -0.15) is 0 Å². The van der Waals surface area contributed by atoms with E-state index in [1.54, 1.807) is 5.57 Å². The summed E-state index contributed by atoms with van der Waals surface area (Å²) in [6, 6.07) is 6.79. The summed E-state index contributed by atoms with van der Waals surface area (Å²) in [7, 11) is 0. The third-order valence-corrected chi connectivity index (χ3v) is 6.61. The van der Waals surface area contributed by atoms with E-state index in [1.165, 1.54) is 36.1 Å². The number of rotatable bonds is 5. The largest absolute Gasteiger partial charge is 0.207 e. The van der Waals surface area contributed by atoms with Gasteiger partial charge in [0.1, 0.15) is 5.82 Å². The molecule has 0 saturated heterocycles. The smallest absolute Gasteiger partial charge is 0.123 e. The predicted molar refractivity (Wildman–Crippen MR) is 105 cm³/mol. The maximum Gasteiger partial charge on any atom is 0.123 e. The van der Waals surface area contributed by atoms with Crippen LogP contribution < -0.4 is 0 Å². The van der Waals surface area contributed by atoms with Gasteiger partial charge in [-0.1, -0.05) is 62.8 Å². The summed E-state index contributed by atoms with van der Waals surface area (Å²) in [5.74, 6) is -0.175. The fourth-order valence-corrected chi connectivity index (χ4v) is 4.44. The molecule has 1 aromatic carbocycles. The van der Waals surface area contributed by atoms with Gasteiger partial charge in [-0.25, -0.2) is 4.39 Å². The van der Waals surface area contributed by atoms with Gasteiger partial charge in [-0.05, 0) is 66.4 Å². The van der Waals surface area contributed by atoms with E-state index in [9.17, 15) is 4.39 Å². The van der Waals surface area contributed by atoms with Gasteiger partial charge in [0.25, 0.3) is 0 Å². The number of hydrogen-bond donors (Lipinski definition) is 0. The van der Waals surface area contributed by atoms with Crippen LogP contribution in [0.3, 0.4) is 0 Å². The van der Waals surface area contributed by atoms with Crippen LogP contribution >= 0.6 is 0 Å². The van der Waals surface area contributed by atoms with Gasteiger partial charge in [0, 0.05) is 5.41 Å². The zero-order valence-corrected chi connectivity index (χ0v) is 15.7. The molecule has 25 heavy (non-hydrogen) atoms. The van der Waals surface area contributed by atoms with E-state index in [4.69, 9.17) is 0 Å². The molecule has 2 unspecified atom stereocenters. The van der Waals surface area contributed by atoms with Crippen LogP contribution in [0, 0.1) is 16.6 Å². The molecule has 0 aliphatic heterocycles. The van der Waals surface area contributed by atoms with Crippen molar-refractivity contribution in [1.29, 1.82) is 0 Å². The maximum absolute atomic E-state index is 13.0. The SMILES string of the molecule is C=CC1(C)CCC2=CC(CC)=C(/C=C\Cc3ccc(F)cc3)CC21C. The Morgan fingerprint density at radius 1 is 1.20 bits per heavy atom. The van der Waals surface area contributed by atoms with Crippen molar-refractivity contribution in [2.75, 3.05) is 0 Å². The van der Waals surface area contributed by atoms with Crippen LogP contribution in [0.5, 0.6) is 0 Å². The molecule has 0 aromatic heterocycles. The molecule has 0 spiro atoms. The number of allylic oxidation sites excluding steroid dienone is 7. The van der Waals surface area contributed by atoms with Crippen LogP contribution in [0.25, 0.3) is 0 Å². The lowest BCUT2D eigenvalue weighted by Gasteiger charge is -2.43. The van der Waals surface area contributed by atoms with Crippen LogP contribution in [0.2, 0.25) is 0 Å². The fourth-order valence-electron chi connectivity index (χ4n) is 4.44. The molecule has 2 aliphatic rings. The first kappa shape index (κ1) is 17.9. The summed E-state index contributed by atoms with van der Waals surface area (Å²) < 4.78 is 13.0. The van der Waals surface area contributed by atoms with E-state index in [2.05, 4.69) is 51.7 Å². The third-order valence-electron chi connectivity index (χ3n) is 6.61. The first-order chi connectivity index (χ1) is 11.9. The zero-order chi connectivity index (χ0) is 18.1.